The van der Waals surface area contributed by atoms with Gasteiger partial charge in [-0.3, -0.25) is 4.79 Å². The van der Waals surface area contributed by atoms with Gasteiger partial charge in [0.25, 0.3) is 0 Å². The molecule has 0 aliphatic carbocycles. The molecule has 0 saturated carbocycles. The first-order chi connectivity index (χ1) is 6.68. The van der Waals surface area contributed by atoms with Crippen molar-refractivity contribution in [3.63, 3.8) is 0 Å². The van der Waals surface area contributed by atoms with Gasteiger partial charge in [0, 0.05) is 12.3 Å². The zero-order valence-electron chi connectivity index (χ0n) is 10.6. The molecule has 1 rings (SSSR count). The minimum atomic E-state index is -1.07. The highest BCUT2D eigenvalue weighted by Crippen LogP contribution is 2.24. The lowest BCUT2D eigenvalue weighted by atomic mass is 9.78. The van der Waals surface area contributed by atoms with Gasteiger partial charge in [-0.25, -0.2) is 0 Å². The largest absolute Gasteiger partial charge is 0.381 e. The summed E-state index contributed by atoms with van der Waals surface area (Å²) in [6, 6.07) is 0. The topological polar surface area (TPSA) is 41.7 Å². The summed E-state index contributed by atoms with van der Waals surface area (Å²) >= 11 is 0. The monoisotopic (exact) mass is 214 g/mol. The van der Waals surface area contributed by atoms with Crippen LogP contribution < -0.4 is 4.90 Å². The van der Waals surface area contributed by atoms with Gasteiger partial charge in [0.1, 0.15) is 5.60 Å². The van der Waals surface area contributed by atoms with Crippen LogP contribution in [0.3, 0.4) is 0 Å². The van der Waals surface area contributed by atoms with E-state index in [-0.39, 0.29) is 17.2 Å². The van der Waals surface area contributed by atoms with Gasteiger partial charge in [-0.2, -0.15) is 0 Å². The molecule has 1 saturated heterocycles. The molecule has 0 aromatic heterocycles. The van der Waals surface area contributed by atoms with Gasteiger partial charge >= 0.3 is 0 Å². The van der Waals surface area contributed by atoms with Gasteiger partial charge in [0.2, 0.25) is 0 Å². The molecule has 1 fully saturated rings. The summed E-state index contributed by atoms with van der Waals surface area (Å²) in [5, 5.41) is 10.2. The predicted octanol–water partition coefficient (Wildman–Crippen LogP) is 0.0297. The molecule has 1 unspecified atom stereocenters. The van der Waals surface area contributed by atoms with Crippen LogP contribution in [-0.4, -0.2) is 35.1 Å². The summed E-state index contributed by atoms with van der Waals surface area (Å²) in [4.78, 5) is 12.9. The normalized spacial score (nSPS) is 37.7. The van der Waals surface area contributed by atoms with E-state index in [0.29, 0.717) is 6.42 Å². The van der Waals surface area contributed by atoms with Crippen molar-refractivity contribution in [2.45, 2.75) is 52.2 Å². The molecule has 0 radical (unpaired) electrons. The first kappa shape index (κ1) is 12.7. The van der Waals surface area contributed by atoms with Crippen LogP contribution in [0, 0.1) is 5.92 Å². The maximum absolute atomic E-state index is 11.4. The van der Waals surface area contributed by atoms with Crippen molar-refractivity contribution in [1.82, 2.24) is 0 Å². The molecule has 0 amide bonds. The lowest BCUT2D eigenvalue weighted by Crippen LogP contribution is -3.21. The van der Waals surface area contributed by atoms with Crippen molar-refractivity contribution < 1.29 is 14.8 Å². The molecule has 1 aliphatic rings. The van der Waals surface area contributed by atoms with Crippen LogP contribution in [0.5, 0.6) is 0 Å². The third-order valence-electron chi connectivity index (χ3n) is 3.85. The van der Waals surface area contributed by atoms with Crippen molar-refractivity contribution in [3.8, 4) is 0 Å². The summed E-state index contributed by atoms with van der Waals surface area (Å²) in [6.45, 7) is 11.8. The van der Waals surface area contributed by atoms with E-state index in [1.165, 1.54) is 11.8 Å². The Hall–Kier alpha value is -0.410. The maximum atomic E-state index is 11.4. The number of hydrogen-bond donors (Lipinski definition) is 2. The number of nitrogens with one attached hydrogen (secondary N) is 1. The number of quaternary nitrogens is 1. The van der Waals surface area contributed by atoms with Crippen molar-refractivity contribution in [2.75, 3.05) is 13.1 Å². The van der Waals surface area contributed by atoms with E-state index in [1.807, 2.05) is 6.92 Å². The molecule has 0 aromatic rings. The number of Topliss-reactive ketones (excluding diaryl/α,β-unsaturated/α-hetero) is 1. The third kappa shape index (κ3) is 2.40. The van der Waals surface area contributed by atoms with E-state index in [4.69, 9.17) is 0 Å². The lowest BCUT2D eigenvalue weighted by Gasteiger charge is -2.44. The second-order valence-corrected chi connectivity index (χ2v) is 5.94. The zero-order valence-corrected chi connectivity index (χ0v) is 10.6. The fourth-order valence-corrected chi connectivity index (χ4v) is 2.43. The van der Waals surface area contributed by atoms with Gasteiger partial charge in [0.05, 0.1) is 18.6 Å². The average Bonchev–Trinajstić information content (AvgIpc) is 2.07. The lowest BCUT2D eigenvalue weighted by molar-refractivity contribution is -0.956. The van der Waals surface area contributed by atoms with Gasteiger partial charge < -0.3 is 10.0 Å². The van der Waals surface area contributed by atoms with E-state index in [2.05, 4.69) is 20.8 Å². The van der Waals surface area contributed by atoms with Crippen molar-refractivity contribution in [2.24, 2.45) is 5.92 Å². The average molecular weight is 214 g/mol. The Labute approximate surface area is 92.5 Å². The molecule has 2 N–H and O–H groups in total. The molecule has 0 bridgehead atoms. The van der Waals surface area contributed by atoms with Crippen LogP contribution in [0.25, 0.3) is 0 Å². The second kappa shape index (κ2) is 3.87. The maximum Gasteiger partial charge on any atom is 0.162 e. The van der Waals surface area contributed by atoms with Gasteiger partial charge in [-0.05, 0) is 27.7 Å². The fourth-order valence-electron chi connectivity index (χ4n) is 2.43. The van der Waals surface area contributed by atoms with Crippen LogP contribution in [0.15, 0.2) is 0 Å². The molecule has 1 heterocycles. The number of carbonyl (C=O) groups excluding carboxylic acids is 1. The first-order valence-corrected chi connectivity index (χ1v) is 5.76. The number of likely N-dealkylation sites (tertiary alicyclic amines) is 1. The number of carbonyl (C=O) groups is 1. The molecular formula is C12H24NO2+. The Morgan fingerprint density at radius 2 is 2.00 bits per heavy atom. The van der Waals surface area contributed by atoms with E-state index >= 15 is 0 Å². The molecule has 0 spiro atoms. The van der Waals surface area contributed by atoms with Crippen LogP contribution >= 0.6 is 0 Å². The molecule has 0 aromatic carbocycles. The van der Waals surface area contributed by atoms with E-state index in [0.717, 1.165) is 13.1 Å². The van der Waals surface area contributed by atoms with E-state index < -0.39 is 5.60 Å². The Kier molecular flexibility index (Phi) is 3.27. The summed E-state index contributed by atoms with van der Waals surface area (Å²) in [5.41, 5.74) is -0.874. The Morgan fingerprint density at radius 1 is 1.47 bits per heavy atom. The quantitative estimate of drug-likeness (QED) is 0.646. The summed E-state index contributed by atoms with van der Waals surface area (Å²) in [5.74, 6) is -0.0269. The summed E-state index contributed by atoms with van der Waals surface area (Å²) < 4.78 is 0. The van der Waals surface area contributed by atoms with Gasteiger partial charge in [-0.1, -0.05) is 6.92 Å². The number of piperidine rings is 1. The molecule has 3 nitrogen and oxygen atoms in total. The molecular weight excluding hydrogens is 190 g/mol. The van der Waals surface area contributed by atoms with Crippen molar-refractivity contribution in [1.29, 1.82) is 0 Å². The Morgan fingerprint density at radius 3 is 2.33 bits per heavy atom. The summed E-state index contributed by atoms with van der Waals surface area (Å²) in [7, 11) is 0. The number of rotatable bonds is 1. The minimum Gasteiger partial charge on any atom is -0.381 e. The standard InChI is InChI=1S/C12H23NO2/c1-9-8-13(11(3,4)5)7-6-12(9,15)10(2)14/h9,15H,6-8H2,1-5H3/p+1/t9-,12+/m1/s1. The molecule has 3 atom stereocenters. The molecule has 15 heavy (non-hydrogen) atoms. The van der Waals surface area contributed by atoms with Gasteiger partial charge in [-0.15, -0.1) is 0 Å². The number of ketones is 1. The SMILES string of the molecule is CC(=O)[C@]1(O)CC[NH+](C(C)(C)C)C[C@H]1C. The zero-order chi connectivity index (χ0) is 11.9. The Bertz CT molecular complexity index is 257. The smallest absolute Gasteiger partial charge is 0.162 e. The fraction of sp³-hybridized carbons (Fsp3) is 0.917. The first-order valence-electron chi connectivity index (χ1n) is 5.76. The minimum absolute atomic E-state index is 0.0537. The van der Waals surface area contributed by atoms with Gasteiger partial charge in [0.15, 0.2) is 5.78 Å². The van der Waals surface area contributed by atoms with Crippen LogP contribution in [-0.2, 0) is 4.79 Å². The van der Waals surface area contributed by atoms with Crippen LogP contribution in [0.4, 0.5) is 0 Å². The van der Waals surface area contributed by atoms with E-state index in [9.17, 15) is 9.90 Å². The highest BCUT2D eigenvalue weighted by Gasteiger charge is 2.46. The molecule has 1 aliphatic heterocycles. The number of hydrogen-bond acceptors (Lipinski definition) is 2. The predicted molar refractivity (Wildman–Crippen MR) is 59.9 cm³/mol. The van der Waals surface area contributed by atoms with Crippen LogP contribution in [0.1, 0.15) is 41.0 Å². The number of aliphatic hydroxyl groups is 1. The van der Waals surface area contributed by atoms with Crippen molar-refractivity contribution >= 4 is 5.78 Å². The third-order valence-corrected chi connectivity index (χ3v) is 3.85. The highest BCUT2D eigenvalue weighted by molar-refractivity contribution is 5.85. The van der Waals surface area contributed by atoms with Crippen molar-refractivity contribution in [3.05, 3.63) is 0 Å². The summed E-state index contributed by atoms with van der Waals surface area (Å²) in [6.07, 6.45) is 0.593. The van der Waals surface area contributed by atoms with E-state index in [1.54, 1.807) is 0 Å². The second-order valence-electron chi connectivity index (χ2n) is 5.94. The Balaban J connectivity index is 2.75. The molecule has 3 heteroatoms. The van der Waals surface area contributed by atoms with Crippen LogP contribution in [0.2, 0.25) is 0 Å². The molecule has 88 valence electrons. The highest BCUT2D eigenvalue weighted by atomic mass is 16.3.